The van der Waals surface area contributed by atoms with Crippen molar-refractivity contribution >= 4 is 5.69 Å². The molecule has 2 aliphatic heterocycles. The number of piperidine rings is 1. The number of benzene rings is 1. The molecule has 2 heterocycles. The van der Waals surface area contributed by atoms with Gasteiger partial charge in [0.05, 0.1) is 6.17 Å². The van der Waals surface area contributed by atoms with Crippen molar-refractivity contribution in [3.8, 4) is 0 Å². The van der Waals surface area contributed by atoms with Crippen LogP contribution >= 0.6 is 0 Å². The maximum absolute atomic E-state index is 13.8. The molecule has 3 heteroatoms. The Bertz CT molecular complexity index is 564. The highest BCUT2D eigenvalue weighted by Crippen LogP contribution is 2.55. The van der Waals surface area contributed by atoms with Crippen molar-refractivity contribution in [2.75, 3.05) is 18.5 Å². The number of hydrogen-bond donors (Lipinski definition) is 1. The summed E-state index contributed by atoms with van der Waals surface area (Å²) < 4.78 is 13.8. The van der Waals surface area contributed by atoms with Crippen molar-refractivity contribution in [3.63, 3.8) is 0 Å². The van der Waals surface area contributed by atoms with Gasteiger partial charge in [-0.25, -0.2) is 4.39 Å². The van der Waals surface area contributed by atoms with E-state index in [1.54, 1.807) is 12.1 Å². The summed E-state index contributed by atoms with van der Waals surface area (Å²) in [6.07, 6.45) is 8.25. The topological polar surface area (TPSA) is 15.3 Å². The Balaban J connectivity index is 1.76. The Morgan fingerprint density at radius 3 is 2.76 bits per heavy atom. The maximum atomic E-state index is 13.8. The highest BCUT2D eigenvalue weighted by Gasteiger charge is 2.54. The first-order valence-electron chi connectivity index (χ1n) is 8.30. The van der Waals surface area contributed by atoms with Crippen LogP contribution in [0.25, 0.3) is 0 Å². The van der Waals surface area contributed by atoms with Gasteiger partial charge in [-0.2, -0.15) is 0 Å². The summed E-state index contributed by atoms with van der Waals surface area (Å²) in [6, 6.07) is 5.31. The van der Waals surface area contributed by atoms with Crippen molar-refractivity contribution in [3.05, 3.63) is 29.6 Å². The van der Waals surface area contributed by atoms with E-state index in [-0.39, 0.29) is 11.2 Å². The van der Waals surface area contributed by atoms with Gasteiger partial charge >= 0.3 is 0 Å². The van der Waals surface area contributed by atoms with Gasteiger partial charge in [-0.05, 0) is 48.4 Å². The zero-order valence-electron chi connectivity index (χ0n) is 13.1. The number of rotatable bonds is 0. The molecule has 2 fully saturated rings. The normalized spacial score (nSPS) is 33.9. The monoisotopic (exact) mass is 288 g/mol. The van der Waals surface area contributed by atoms with Gasteiger partial charge in [0, 0.05) is 24.7 Å². The lowest BCUT2D eigenvalue weighted by molar-refractivity contribution is 0.0684. The predicted molar refractivity (Wildman–Crippen MR) is 84.1 cm³/mol. The van der Waals surface area contributed by atoms with Crippen LogP contribution in [0.2, 0.25) is 0 Å². The molecule has 0 amide bonds. The molecule has 1 unspecified atom stereocenters. The number of likely N-dealkylation sites (N-methyl/N-ethyl adjacent to an activating group) is 1. The molecule has 1 aromatic rings. The summed E-state index contributed by atoms with van der Waals surface area (Å²) in [6.45, 7) is 3.45. The first-order valence-corrected chi connectivity index (χ1v) is 8.30. The molecule has 21 heavy (non-hydrogen) atoms. The zero-order chi connectivity index (χ0) is 14.7. The van der Waals surface area contributed by atoms with Gasteiger partial charge in [0.1, 0.15) is 5.82 Å². The molecule has 1 N–H and O–H groups in total. The third kappa shape index (κ3) is 1.86. The second kappa shape index (κ2) is 4.45. The zero-order valence-corrected chi connectivity index (χ0v) is 13.1. The van der Waals surface area contributed by atoms with Gasteiger partial charge in [-0.3, -0.25) is 5.32 Å². The molecule has 1 saturated carbocycles. The van der Waals surface area contributed by atoms with Gasteiger partial charge < -0.3 is 4.90 Å². The third-order valence-corrected chi connectivity index (χ3v) is 6.27. The average molecular weight is 288 g/mol. The third-order valence-electron chi connectivity index (χ3n) is 6.27. The first-order chi connectivity index (χ1) is 10.0. The van der Waals surface area contributed by atoms with Gasteiger partial charge in [-0.15, -0.1) is 0 Å². The Morgan fingerprint density at radius 1 is 1.24 bits per heavy atom. The van der Waals surface area contributed by atoms with E-state index in [2.05, 4.69) is 24.2 Å². The minimum absolute atomic E-state index is 0.0295. The van der Waals surface area contributed by atoms with Crippen molar-refractivity contribution in [1.82, 2.24) is 5.32 Å². The summed E-state index contributed by atoms with van der Waals surface area (Å²) >= 11 is 0. The highest BCUT2D eigenvalue weighted by atomic mass is 19.1. The minimum Gasteiger partial charge on any atom is -0.358 e. The number of anilines is 1. The highest BCUT2D eigenvalue weighted by molar-refractivity contribution is 5.64. The number of halogens is 1. The van der Waals surface area contributed by atoms with E-state index >= 15 is 0 Å². The van der Waals surface area contributed by atoms with E-state index in [1.807, 2.05) is 6.07 Å². The van der Waals surface area contributed by atoms with Gasteiger partial charge in [-0.1, -0.05) is 26.2 Å². The van der Waals surface area contributed by atoms with Gasteiger partial charge in [0.25, 0.3) is 0 Å². The molecule has 4 rings (SSSR count). The van der Waals surface area contributed by atoms with Gasteiger partial charge in [0.2, 0.25) is 0 Å². The first kappa shape index (κ1) is 13.6. The Labute approximate surface area is 126 Å². The molecular formula is C18H25FN2. The molecule has 114 valence electrons. The van der Waals surface area contributed by atoms with Crippen LogP contribution in [0.15, 0.2) is 18.2 Å². The summed E-state index contributed by atoms with van der Waals surface area (Å²) in [7, 11) is 2.14. The minimum atomic E-state index is -0.104. The summed E-state index contributed by atoms with van der Waals surface area (Å²) in [5, 5.41) is 3.80. The van der Waals surface area contributed by atoms with E-state index in [4.69, 9.17) is 0 Å². The van der Waals surface area contributed by atoms with Crippen molar-refractivity contribution in [2.45, 2.75) is 57.0 Å². The molecule has 0 radical (unpaired) electrons. The van der Waals surface area contributed by atoms with E-state index in [0.717, 1.165) is 6.54 Å². The average Bonchev–Trinajstić information content (AvgIpc) is 2.67. The van der Waals surface area contributed by atoms with E-state index in [9.17, 15) is 4.39 Å². The van der Waals surface area contributed by atoms with Crippen molar-refractivity contribution < 1.29 is 4.39 Å². The Morgan fingerprint density at radius 2 is 2.00 bits per heavy atom. The standard InChI is InChI=1S/C18H25FN2/c1-17-11-18(8-4-3-5-9-18)12-20-16(17)21(2)15-7-6-13(19)10-14(15)17/h6-7,10,16,20H,3-5,8-9,11-12H2,1-2H3/t16?,17-/m0/s1. The smallest absolute Gasteiger partial charge is 0.123 e. The largest absolute Gasteiger partial charge is 0.358 e. The number of nitrogens with zero attached hydrogens (tertiary/aromatic N) is 1. The summed E-state index contributed by atoms with van der Waals surface area (Å²) in [5.74, 6) is -0.104. The van der Waals surface area contributed by atoms with Crippen LogP contribution in [-0.2, 0) is 5.41 Å². The molecule has 1 aliphatic carbocycles. The maximum Gasteiger partial charge on any atom is 0.123 e. The van der Waals surface area contributed by atoms with Crippen LogP contribution in [0.3, 0.4) is 0 Å². The molecule has 1 saturated heterocycles. The fraction of sp³-hybridized carbons (Fsp3) is 0.667. The summed E-state index contributed by atoms with van der Waals surface area (Å²) in [5.41, 5.74) is 2.86. The molecular weight excluding hydrogens is 263 g/mol. The number of nitrogens with one attached hydrogen (secondary N) is 1. The number of fused-ring (bicyclic) bond motifs is 3. The lowest BCUT2D eigenvalue weighted by Crippen LogP contribution is -2.61. The van der Waals surface area contributed by atoms with E-state index in [1.165, 1.54) is 49.8 Å². The molecule has 2 nitrogen and oxygen atoms in total. The van der Waals surface area contributed by atoms with Crippen LogP contribution in [-0.4, -0.2) is 19.8 Å². The molecule has 0 bridgehead atoms. The van der Waals surface area contributed by atoms with Crippen molar-refractivity contribution in [2.24, 2.45) is 5.41 Å². The van der Waals surface area contributed by atoms with Crippen LogP contribution < -0.4 is 10.2 Å². The van der Waals surface area contributed by atoms with E-state index < -0.39 is 0 Å². The van der Waals surface area contributed by atoms with Crippen LogP contribution in [0.4, 0.5) is 10.1 Å². The quantitative estimate of drug-likeness (QED) is 0.781. The Hall–Kier alpha value is -1.09. The molecule has 0 aromatic heterocycles. The lowest BCUT2D eigenvalue weighted by Gasteiger charge is -2.51. The number of hydrogen-bond acceptors (Lipinski definition) is 2. The molecule has 1 spiro atoms. The van der Waals surface area contributed by atoms with Crippen LogP contribution in [0.1, 0.15) is 51.0 Å². The SMILES string of the molecule is CN1c2ccc(F)cc2[C@]2(C)CC3(CCCCC3)CNC12. The van der Waals surface area contributed by atoms with Crippen molar-refractivity contribution in [1.29, 1.82) is 0 Å². The molecule has 2 atom stereocenters. The lowest BCUT2D eigenvalue weighted by atomic mass is 9.60. The predicted octanol–water partition coefficient (Wildman–Crippen LogP) is 3.80. The van der Waals surface area contributed by atoms with E-state index in [0.29, 0.717) is 11.6 Å². The summed E-state index contributed by atoms with van der Waals surface area (Å²) in [4.78, 5) is 2.31. The second-order valence-electron chi connectivity index (χ2n) is 7.71. The fourth-order valence-corrected chi connectivity index (χ4v) is 5.35. The van der Waals surface area contributed by atoms with Crippen LogP contribution in [0, 0.1) is 11.2 Å². The Kier molecular flexibility index (Phi) is 2.88. The molecule has 3 aliphatic rings. The fourth-order valence-electron chi connectivity index (χ4n) is 5.35. The second-order valence-corrected chi connectivity index (χ2v) is 7.71. The van der Waals surface area contributed by atoms with Gasteiger partial charge in [0.15, 0.2) is 0 Å². The van der Waals surface area contributed by atoms with Crippen LogP contribution in [0.5, 0.6) is 0 Å². The molecule has 1 aromatic carbocycles.